The summed E-state index contributed by atoms with van der Waals surface area (Å²) in [5, 5.41) is 0.262. The fraction of sp³-hybridized carbons (Fsp3) is 0.294. The standard InChI is InChI=1S/C17H17ClN2O/c1-20(17(21)14-9-5-11-19-16(14)18)15-10-4-7-12-6-2-3-8-13(12)15/h2-3,5-6,8-9,11,15H,4,7,10H2,1H3. The molecule has 0 N–H and O–H groups in total. The molecule has 0 fully saturated rings. The smallest absolute Gasteiger partial charge is 0.257 e. The molecule has 0 aliphatic heterocycles. The molecule has 3 nitrogen and oxygen atoms in total. The van der Waals surface area contributed by atoms with E-state index < -0.39 is 0 Å². The molecule has 4 heteroatoms. The number of hydrogen-bond donors (Lipinski definition) is 0. The second-order valence-electron chi connectivity index (χ2n) is 5.36. The zero-order valence-corrected chi connectivity index (χ0v) is 12.7. The molecule has 1 heterocycles. The van der Waals surface area contributed by atoms with Crippen LogP contribution < -0.4 is 0 Å². The van der Waals surface area contributed by atoms with Gasteiger partial charge in [0.15, 0.2) is 0 Å². The maximum atomic E-state index is 12.7. The van der Waals surface area contributed by atoms with Crippen molar-refractivity contribution in [2.24, 2.45) is 0 Å². The highest BCUT2D eigenvalue weighted by atomic mass is 35.5. The van der Waals surface area contributed by atoms with E-state index in [0.717, 1.165) is 19.3 Å². The number of carbonyl (C=O) groups is 1. The predicted octanol–water partition coefficient (Wildman–Crippen LogP) is 3.88. The third kappa shape index (κ3) is 2.66. The number of nitrogens with zero attached hydrogens (tertiary/aromatic N) is 2. The Morgan fingerprint density at radius 3 is 2.90 bits per heavy atom. The van der Waals surface area contributed by atoms with Crippen molar-refractivity contribution >= 4 is 17.5 Å². The second-order valence-corrected chi connectivity index (χ2v) is 5.72. The van der Waals surface area contributed by atoms with Crippen molar-refractivity contribution in [1.82, 2.24) is 9.88 Å². The van der Waals surface area contributed by atoms with Gasteiger partial charge in [-0.3, -0.25) is 4.79 Å². The minimum absolute atomic E-state index is 0.0743. The number of rotatable bonds is 2. The Balaban J connectivity index is 1.91. The lowest BCUT2D eigenvalue weighted by Gasteiger charge is -2.33. The number of amides is 1. The Morgan fingerprint density at radius 2 is 2.10 bits per heavy atom. The van der Waals surface area contributed by atoms with E-state index >= 15 is 0 Å². The summed E-state index contributed by atoms with van der Waals surface area (Å²) in [7, 11) is 1.85. The van der Waals surface area contributed by atoms with Gasteiger partial charge in [-0.05, 0) is 42.5 Å². The van der Waals surface area contributed by atoms with Crippen LogP contribution in [0.3, 0.4) is 0 Å². The van der Waals surface area contributed by atoms with Crippen LogP contribution in [0.25, 0.3) is 0 Å². The molecular formula is C17H17ClN2O. The van der Waals surface area contributed by atoms with Gasteiger partial charge >= 0.3 is 0 Å². The number of pyridine rings is 1. The first-order chi connectivity index (χ1) is 10.2. The quantitative estimate of drug-likeness (QED) is 0.789. The molecule has 1 aliphatic carbocycles. The molecule has 1 amide bonds. The van der Waals surface area contributed by atoms with Gasteiger partial charge in [0.05, 0.1) is 11.6 Å². The first kappa shape index (κ1) is 14.1. The zero-order chi connectivity index (χ0) is 14.8. The molecule has 0 saturated carbocycles. The van der Waals surface area contributed by atoms with Crippen LogP contribution in [0.4, 0.5) is 0 Å². The summed E-state index contributed by atoms with van der Waals surface area (Å²) in [6.07, 6.45) is 4.76. The highest BCUT2D eigenvalue weighted by molar-refractivity contribution is 6.32. The summed E-state index contributed by atoms with van der Waals surface area (Å²) >= 11 is 6.04. The van der Waals surface area contributed by atoms with Gasteiger partial charge in [-0.2, -0.15) is 0 Å². The Morgan fingerprint density at radius 1 is 1.29 bits per heavy atom. The topological polar surface area (TPSA) is 33.2 Å². The lowest BCUT2D eigenvalue weighted by molar-refractivity contribution is 0.0715. The zero-order valence-electron chi connectivity index (χ0n) is 11.9. The van der Waals surface area contributed by atoms with Crippen LogP contribution in [0.5, 0.6) is 0 Å². The number of halogens is 1. The number of benzene rings is 1. The molecular weight excluding hydrogens is 284 g/mol. The van der Waals surface area contributed by atoms with E-state index in [1.807, 2.05) is 13.1 Å². The maximum Gasteiger partial charge on any atom is 0.257 e. The molecule has 21 heavy (non-hydrogen) atoms. The molecule has 1 aromatic heterocycles. The van der Waals surface area contributed by atoms with Crippen molar-refractivity contribution in [1.29, 1.82) is 0 Å². The largest absolute Gasteiger partial charge is 0.335 e. The van der Waals surface area contributed by atoms with Crippen molar-refractivity contribution < 1.29 is 4.79 Å². The fourth-order valence-corrected chi connectivity index (χ4v) is 3.21. The van der Waals surface area contributed by atoms with E-state index in [1.54, 1.807) is 23.2 Å². The van der Waals surface area contributed by atoms with Gasteiger partial charge in [0, 0.05) is 13.2 Å². The summed E-state index contributed by atoms with van der Waals surface area (Å²) in [6, 6.07) is 11.9. The summed E-state index contributed by atoms with van der Waals surface area (Å²) in [6.45, 7) is 0. The molecule has 3 rings (SSSR count). The molecule has 0 saturated heterocycles. The summed E-state index contributed by atoms with van der Waals surface area (Å²) in [4.78, 5) is 18.5. The SMILES string of the molecule is CN(C(=O)c1cccnc1Cl)C1CCCc2ccccc21. The Bertz CT molecular complexity index is 671. The molecule has 0 bridgehead atoms. The van der Waals surface area contributed by atoms with Crippen LogP contribution in [-0.2, 0) is 6.42 Å². The van der Waals surface area contributed by atoms with Crippen molar-refractivity contribution in [3.8, 4) is 0 Å². The monoisotopic (exact) mass is 300 g/mol. The highest BCUT2D eigenvalue weighted by Crippen LogP contribution is 2.34. The van der Waals surface area contributed by atoms with E-state index in [-0.39, 0.29) is 17.1 Å². The lowest BCUT2D eigenvalue weighted by atomic mass is 9.87. The van der Waals surface area contributed by atoms with Crippen LogP contribution in [0.2, 0.25) is 5.15 Å². The van der Waals surface area contributed by atoms with E-state index in [1.165, 1.54) is 11.1 Å². The highest BCUT2D eigenvalue weighted by Gasteiger charge is 2.28. The normalized spacial score (nSPS) is 17.1. The van der Waals surface area contributed by atoms with Gasteiger partial charge in [0.25, 0.3) is 5.91 Å². The number of fused-ring (bicyclic) bond motifs is 1. The van der Waals surface area contributed by atoms with Gasteiger partial charge in [0.2, 0.25) is 0 Å². The van der Waals surface area contributed by atoms with E-state index in [4.69, 9.17) is 11.6 Å². The average molecular weight is 301 g/mol. The lowest BCUT2D eigenvalue weighted by Crippen LogP contribution is -2.33. The first-order valence-electron chi connectivity index (χ1n) is 7.14. The van der Waals surface area contributed by atoms with Gasteiger partial charge in [0.1, 0.15) is 5.15 Å². The van der Waals surface area contributed by atoms with E-state index in [2.05, 4.69) is 23.2 Å². The molecule has 1 aliphatic rings. The van der Waals surface area contributed by atoms with Crippen LogP contribution in [-0.4, -0.2) is 22.8 Å². The summed E-state index contributed by atoms with van der Waals surface area (Å²) in [5.41, 5.74) is 3.05. The van der Waals surface area contributed by atoms with Gasteiger partial charge in [-0.15, -0.1) is 0 Å². The Hall–Kier alpha value is -1.87. The Kier molecular flexibility index (Phi) is 3.93. The summed E-state index contributed by atoms with van der Waals surface area (Å²) in [5.74, 6) is -0.0743. The minimum atomic E-state index is -0.0743. The third-order valence-corrected chi connectivity index (χ3v) is 4.42. The van der Waals surface area contributed by atoms with Crippen LogP contribution >= 0.6 is 11.6 Å². The second kappa shape index (κ2) is 5.86. The Labute approximate surface area is 129 Å². The number of carbonyl (C=O) groups excluding carboxylic acids is 1. The first-order valence-corrected chi connectivity index (χ1v) is 7.52. The van der Waals surface area contributed by atoms with E-state index in [0.29, 0.717) is 5.56 Å². The molecule has 1 atom stereocenters. The van der Waals surface area contributed by atoms with Crippen LogP contribution in [0, 0.1) is 0 Å². The van der Waals surface area contributed by atoms with Crippen molar-refractivity contribution in [2.45, 2.75) is 25.3 Å². The average Bonchev–Trinajstić information content (AvgIpc) is 2.53. The molecule has 108 valence electrons. The number of aryl methyl sites for hydroxylation is 1. The molecule has 1 unspecified atom stereocenters. The van der Waals surface area contributed by atoms with Crippen molar-refractivity contribution in [2.75, 3.05) is 7.05 Å². The number of hydrogen-bond acceptors (Lipinski definition) is 2. The predicted molar refractivity (Wildman–Crippen MR) is 83.5 cm³/mol. The molecule has 0 spiro atoms. The molecule has 2 aromatic rings. The van der Waals surface area contributed by atoms with E-state index in [9.17, 15) is 4.79 Å². The van der Waals surface area contributed by atoms with Crippen molar-refractivity contribution in [3.05, 3.63) is 64.4 Å². The van der Waals surface area contributed by atoms with Crippen LogP contribution in [0.1, 0.15) is 40.4 Å². The van der Waals surface area contributed by atoms with Gasteiger partial charge in [-0.1, -0.05) is 35.9 Å². The number of aromatic nitrogens is 1. The minimum Gasteiger partial charge on any atom is -0.335 e. The molecule has 1 aromatic carbocycles. The van der Waals surface area contributed by atoms with Gasteiger partial charge < -0.3 is 4.90 Å². The molecule has 0 radical (unpaired) electrons. The van der Waals surface area contributed by atoms with Crippen molar-refractivity contribution in [3.63, 3.8) is 0 Å². The maximum absolute atomic E-state index is 12.7. The summed E-state index contributed by atoms with van der Waals surface area (Å²) < 4.78 is 0. The third-order valence-electron chi connectivity index (χ3n) is 4.12. The fourth-order valence-electron chi connectivity index (χ4n) is 3.01. The van der Waals surface area contributed by atoms with Crippen LogP contribution in [0.15, 0.2) is 42.6 Å². The van der Waals surface area contributed by atoms with Gasteiger partial charge in [-0.25, -0.2) is 4.98 Å².